The van der Waals surface area contributed by atoms with Crippen molar-refractivity contribution < 1.29 is 17.9 Å². The molecule has 4 rings (SSSR count). The number of fused-ring (bicyclic) bond motifs is 1. The van der Waals surface area contributed by atoms with Crippen LogP contribution in [0.2, 0.25) is 0 Å². The van der Waals surface area contributed by atoms with Gasteiger partial charge in [-0.25, -0.2) is 8.42 Å². The third-order valence-electron chi connectivity index (χ3n) is 5.14. The van der Waals surface area contributed by atoms with E-state index in [1.807, 2.05) is 41.8 Å². The summed E-state index contributed by atoms with van der Waals surface area (Å²) in [6.07, 6.45) is 1.10. The molecule has 2 aliphatic rings. The molecule has 0 N–H and O–H groups in total. The van der Waals surface area contributed by atoms with Gasteiger partial charge in [0.05, 0.1) is 16.9 Å². The number of nitrogens with zero attached hydrogens (tertiary/aromatic N) is 1. The summed E-state index contributed by atoms with van der Waals surface area (Å²) in [6.45, 7) is 1.09. The zero-order chi connectivity index (χ0) is 18.1. The maximum absolute atomic E-state index is 13.0. The number of amides is 1. The van der Waals surface area contributed by atoms with Crippen LogP contribution in [0.3, 0.4) is 0 Å². The van der Waals surface area contributed by atoms with E-state index in [9.17, 15) is 13.2 Å². The number of benzene rings is 1. The van der Waals surface area contributed by atoms with Gasteiger partial charge in [0.15, 0.2) is 9.84 Å². The predicted molar refractivity (Wildman–Crippen MR) is 101 cm³/mol. The van der Waals surface area contributed by atoms with Crippen molar-refractivity contribution in [3.63, 3.8) is 0 Å². The Bertz CT molecular complexity index is 892. The monoisotopic (exact) mass is 391 g/mol. The molecule has 2 atom stereocenters. The molecule has 2 aliphatic heterocycles. The number of thiophene rings is 1. The second kappa shape index (κ2) is 7.04. The van der Waals surface area contributed by atoms with Gasteiger partial charge in [-0.3, -0.25) is 4.79 Å². The van der Waals surface area contributed by atoms with E-state index in [0.717, 1.165) is 16.2 Å². The molecule has 1 amide bonds. The number of carbonyl (C=O) groups is 1. The van der Waals surface area contributed by atoms with Gasteiger partial charge in [0, 0.05) is 18.0 Å². The van der Waals surface area contributed by atoms with Crippen LogP contribution in [0.25, 0.3) is 0 Å². The second-order valence-corrected chi connectivity index (χ2v) is 10.1. The van der Waals surface area contributed by atoms with Crippen molar-refractivity contribution >= 4 is 27.1 Å². The van der Waals surface area contributed by atoms with Crippen LogP contribution >= 0.6 is 11.3 Å². The van der Waals surface area contributed by atoms with Gasteiger partial charge in [-0.1, -0.05) is 24.3 Å². The van der Waals surface area contributed by atoms with Gasteiger partial charge in [-0.15, -0.1) is 11.3 Å². The molecule has 3 heterocycles. The Hall–Kier alpha value is -1.86. The number of rotatable bonds is 2. The Kier molecular flexibility index (Phi) is 4.75. The fourth-order valence-corrected chi connectivity index (χ4v) is 6.71. The first kappa shape index (κ1) is 17.5. The first-order valence-corrected chi connectivity index (χ1v) is 11.4. The first-order chi connectivity index (χ1) is 12.5. The van der Waals surface area contributed by atoms with Gasteiger partial charge in [-0.2, -0.15) is 0 Å². The van der Waals surface area contributed by atoms with E-state index in [4.69, 9.17) is 4.74 Å². The van der Waals surface area contributed by atoms with E-state index < -0.39 is 15.1 Å². The molecule has 138 valence electrons. The van der Waals surface area contributed by atoms with Crippen LogP contribution in [0.1, 0.15) is 22.1 Å². The summed E-state index contributed by atoms with van der Waals surface area (Å²) in [6, 6.07) is 11.5. The van der Waals surface area contributed by atoms with E-state index in [1.165, 1.54) is 11.3 Å². The van der Waals surface area contributed by atoms with Crippen LogP contribution in [-0.2, 0) is 21.1 Å². The summed E-state index contributed by atoms with van der Waals surface area (Å²) in [5.74, 6) is 0.617. The van der Waals surface area contributed by atoms with Crippen molar-refractivity contribution in [1.82, 2.24) is 4.90 Å². The second-order valence-electron chi connectivity index (χ2n) is 6.80. The molecular formula is C19H21NO4S2. The van der Waals surface area contributed by atoms with Crippen molar-refractivity contribution in [3.05, 3.63) is 52.2 Å². The van der Waals surface area contributed by atoms with E-state index in [2.05, 4.69) is 0 Å². The highest BCUT2D eigenvalue weighted by atomic mass is 32.2. The van der Waals surface area contributed by atoms with E-state index in [1.54, 1.807) is 4.90 Å². The maximum atomic E-state index is 13.0. The number of sulfone groups is 1. The molecule has 5 nitrogen and oxygen atoms in total. The van der Waals surface area contributed by atoms with Crippen LogP contribution in [0.4, 0.5) is 0 Å². The zero-order valence-corrected chi connectivity index (χ0v) is 16.0. The van der Waals surface area contributed by atoms with Crippen LogP contribution in [0, 0.1) is 5.92 Å². The summed E-state index contributed by atoms with van der Waals surface area (Å²) < 4.78 is 31.0. The largest absolute Gasteiger partial charge is 0.492 e. The Morgan fingerprint density at radius 2 is 2.00 bits per heavy atom. The molecule has 1 fully saturated rings. The van der Waals surface area contributed by atoms with Crippen LogP contribution in [0.5, 0.6) is 5.75 Å². The smallest absolute Gasteiger partial charge is 0.229 e. The minimum absolute atomic E-state index is 0.00142. The molecule has 0 bridgehead atoms. The van der Waals surface area contributed by atoms with Crippen molar-refractivity contribution in [3.8, 4) is 5.75 Å². The minimum atomic E-state index is -3.24. The number of carbonyl (C=O) groups excluding carboxylic acids is 1. The van der Waals surface area contributed by atoms with Gasteiger partial charge in [0.25, 0.3) is 0 Å². The molecule has 2 aromatic rings. The molecule has 0 spiro atoms. The average molecular weight is 392 g/mol. The van der Waals surface area contributed by atoms with Crippen molar-refractivity contribution in [1.29, 1.82) is 0 Å². The molecule has 26 heavy (non-hydrogen) atoms. The van der Waals surface area contributed by atoms with Gasteiger partial charge in [0.2, 0.25) is 5.91 Å². The zero-order valence-electron chi connectivity index (χ0n) is 14.3. The van der Waals surface area contributed by atoms with E-state index in [0.29, 0.717) is 26.0 Å². The summed E-state index contributed by atoms with van der Waals surface area (Å²) in [5.41, 5.74) is 1.04. The third kappa shape index (κ3) is 3.38. The van der Waals surface area contributed by atoms with Crippen molar-refractivity contribution in [2.75, 3.05) is 25.4 Å². The number of para-hydroxylation sites is 1. The SMILES string of the molecule is O=C(C1COc2ccccc2C1)N1CCC(c2cccs2)S(=O)(=O)CC1. The van der Waals surface area contributed by atoms with Crippen LogP contribution in [0.15, 0.2) is 41.8 Å². The summed E-state index contributed by atoms with van der Waals surface area (Å²) >= 11 is 1.47. The lowest BCUT2D eigenvalue weighted by Crippen LogP contribution is -2.42. The minimum Gasteiger partial charge on any atom is -0.492 e. The fourth-order valence-electron chi connectivity index (χ4n) is 3.70. The predicted octanol–water partition coefficient (Wildman–Crippen LogP) is 2.69. The fraction of sp³-hybridized carbons (Fsp3) is 0.421. The maximum Gasteiger partial charge on any atom is 0.229 e. The molecule has 0 aliphatic carbocycles. The lowest BCUT2D eigenvalue weighted by molar-refractivity contribution is -0.136. The van der Waals surface area contributed by atoms with E-state index in [-0.39, 0.29) is 24.1 Å². The summed E-state index contributed by atoms with van der Waals surface area (Å²) in [7, 11) is -3.24. The highest BCUT2D eigenvalue weighted by molar-refractivity contribution is 7.91. The Balaban J connectivity index is 1.48. The molecule has 2 unspecified atom stereocenters. The average Bonchev–Trinajstić information content (AvgIpc) is 3.12. The van der Waals surface area contributed by atoms with Crippen LogP contribution in [-0.4, -0.2) is 44.7 Å². The molecule has 1 aromatic carbocycles. The quantitative estimate of drug-likeness (QED) is 0.790. The molecular weight excluding hydrogens is 370 g/mol. The van der Waals surface area contributed by atoms with Crippen LogP contribution < -0.4 is 4.74 Å². The molecule has 7 heteroatoms. The molecule has 0 radical (unpaired) electrons. The topological polar surface area (TPSA) is 63.7 Å². The van der Waals surface area contributed by atoms with Gasteiger partial charge in [-0.05, 0) is 35.9 Å². The summed E-state index contributed by atoms with van der Waals surface area (Å²) in [5, 5.41) is 1.40. The number of hydrogen-bond acceptors (Lipinski definition) is 5. The first-order valence-electron chi connectivity index (χ1n) is 8.79. The normalized spacial score (nSPS) is 25.0. The number of hydrogen-bond donors (Lipinski definition) is 0. The third-order valence-corrected chi connectivity index (χ3v) is 8.38. The lowest BCUT2D eigenvalue weighted by atomic mass is 9.95. The lowest BCUT2D eigenvalue weighted by Gasteiger charge is -2.29. The van der Waals surface area contributed by atoms with E-state index >= 15 is 0 Å². The Labute approximate surface area is 157 Å². The summed E-state index contributed by atoms with van der Waals surface area (Å²) in [4.78, 5) is 15.6. The van der Waals surface area contributed by atoms with Crippen molar-refractivity contribution in [2.24, 2.45) is 5.92 Å². The molecule has 1 aromatic heterocycles. The van der Waals surface area contributed by atoms with Crippen molar-refractivity contribution in [2.45, 2.75) is 18.1 Å². The highest BCUT2D eigenvalue weighted by Crippen LogP contribution is 2.33. The highest BCUT2D eigenvalue weighted by Gasteiger charge is 2.36. The number of ether oxygens (including phenoxy) is 1. The van der Waals surface area contributed by atoms with Gasteiger partial charge >= 0.3 is 0 Å². The standard InChI is InChI=1S/C19H21NO4S2/c21-19(15-12-14-4-1-2-5-16(14)24-13-15)20-8-7-18(17-6-3-10-25-17)26(22,23)11-9-20/h1-6,10,15,18H,7-9,11-13H2. The Morgan fingerprint density at radius 1 is 1.15 bits per heavy atom. The van der Waals surface area contributed by atoms with Gasteiger partial charge < -0.3 is 9.64 Å². The Morgan fingerprint density at radius 3 is 2.81 bits per heavy atom. The molecule has 1 saturated heterocycles. The van der Waals surface area contributed by atoms with Gasteiger partial charge in [0.1, 0.15) is 12.4 Å². The molecule has 0 saturated carbocycles.